The quantitative estimate of drug-likeness (QED) is 0.717. The van der Waals surface area contributed by atoms with Gasteiger partial charge in [0.25, 0.3) is 0 Å². The molecular weight excluding hydrogens is 340 g/mol. The number of hydrogen-bond acceptors (Lipinski definition) is 3. The Bertz CT molecular complexity index is 811. The highest BCUT2D eigenvalue weighted by atomic mass is 16.5. The predicted octanol–water partition coefficient (Wildman–Crippen LogP) is 4.10. The summed E-state index contributed by atoms with van der Waals surface area (Å²) in [5.74, 6) is 5.98. The molecule has 0 aromatic heterocycles. The van der Waals surface area contributed by atoms with Gasteiger partial charge >= 0.3 is 5.97 Å². The second-order valence-corrected chi connectivity index (χ2v) is 5.94. The third-order valence-corrected chi connectivity index (χ3v) is 3.81. The molecule has 1 N–H and O–H groups in total. The Labute approximate surface area is 160 Å². The second kappa shape index (κ2) is 10.8. The zero-order valence-electron chi connectivity index (χ0n) is 15.6. The first-order valence-electron chi connectivity index (χ1n) is 8.88. The standard InChI is InChI=1S/C23H24O4/c1-3-26-22(23(24)25)17-20-11-13-21(14-12-20)27-16-15-18(2)9-10-19-7-5-4-6-8-19/h4-8,11-15,22H,3,16-17H2,1-2H3,(H,24,25)/b18-15+. The molecule has 0 saturated carbocycles. The number of aliphatic carboxylic acids is 1. The number of carboxylic acid groups (broad SMARTS) is 1. The van der Waals surface area contributed by atoms with Crippen LogP contribution < -0.4 is 4.74 Å². The van der Waals surface area contributed by atoms with Gasteiger partial charge in [-0.05, 0) is 55.3 Å². The van der Waals surface area contributed by atoms with Gasteiger partial charge in [-0.1, -0.05) is 42.2 Å². The number of carbonyl (C=O) groups is 1. The van der Waals surface area contributed by atoms with Crippen LogP contribution in [0.2, 0.25) is 0 Å². The first-order chi connectivity index (χ1) is 13.1. The Morgan fingerprint density at radius 2 is 1.85 bits per heavy atom. The lowest BCUT2D eigenvalue weighted by molar-refractivity contribution is -0.149. The van der Waals surface area contributed by atoms with Gasteiger partial charge in [0.1, 0.15) is 12.4 Å². The fourth-order valence-electron chi connectivity index (χ4n) is 2.36. The maximum absolute atomic E-state index is 11.1. The molecule has 2 aromatic rings. The normalized spacial score (nSPS) is 12.0. The fourth-order valence-corrected chi connectivity index (χ4v) is 2.36. The molecule has 0 spiro atoms. The summed E-state index contributed by atoms with van der Waals surface area (Å²) >= 11 is 0. The lowest BCUT2D eigenvalue weighted by atomic mass is 10.1. The largest absolute Gasteiger partial charge is 0.490 e. The molecule has 0 fully saturated rings. The highest BCUT2D eigenvalue weighted by Gasteiger charge is 2.17. The molecule has 0 aliphatic heterocycles. The van der Waals surface area contributed by atoms with Crippen molar-refractivity contribution in [3.63, 3.8) is 0 Å². The number of benzene rings is 2. The summed E-state index contributed by atoms with van der Waals surface area (Å²) in [6.07, 6.45) is 1.44. The van der Waals surface area contributed by atoms with Crippen LogP contribution in [0.5, 0.6) is 5.75 Å². The molecule has 0 amide bonds. The van der Waals surface area contributed by atoms with Crippen molar-refractivity contribution in [1.29, 1.82) is 0 Å². The summed E-state index contributed by atoms with van der Waals surface area (Å²) in [5, 5.41) is 9.14. The molecule has 0 bridgehead atoms. The number of carboxylic acids is 1. The predicted molar refractivity (Wildman–Crippen MR) is 106 cm³/mol. The molecule has 27 heavy (non-hydrogen) atoms. The van der Waals surface area contributed by atoms with Gasteiger partial charge in [-0.2, -0.15) is 0 Å². The first kappa shape index (κ1) is 20.3. The highest BCUT2D eigenvalue weighted by molar-refractivity contribution is 5.72. The van der Waals surface area contributed by atoms with Gasteiger partial charge in [0.05, 0.1) is 0 Å². The van der Waals surface area contributed by atoms with Gasteiger partial charge in [0.15, 0.2) is 6.10 Å². The molecule has 1 unspecified atom stereocenters. The Balaban J connectivity index is 1.86. The van der Waals surface area contributed by atoms with Crippen molar-refractivity contribution in [2.24, 2.45) is 0 Å². The van der Waals surface area contributed by atoms with Crippen LogP contribution in [-0.2, 0) is 16.0 Å². The minimum atomic E-state index is -0.950. The summed E-state index contributed by atoms with van der Waals surface area (Å²) in [6, 6.07) is 17.2. The van der Waals surface area contributed by atoms with E-state index in [0.29, 0.717) is 19.6 Å². The zero-order chi connectivity index (χ0) is 19.5. The number of hydrogen-bond donors (Lipinski definition) is 1. The third-order valence-electron chi connectivity index (χ3n) is 3.81. The Hall–Kier alpha value is -3.03. The molecule has 1 atom stereocenters. The third kappa shape index (κ3) is 7.39. The van der Waals surface area contributed by atoms with Crippen molar-refractivity contribution in [2.75, 3.05) is 13.2 Å². The van der Waals surface area contributed by atoms with Crippen LogP contribution >= 0.6 is 0 Å². The van der Waals surface area contributed by atoms with Crippen LogP contribution in [0, 0.1) is 11.8 Å². The Morgan fingerprint density at radius 3 is 2.48 bits per heavy atom. The van der Waals surface area contributed by atoms with Crippen LogP contribution in [0.3, 0.4) is 0 Å². The van der Waals surface area contributed by atoms with E-state index in [1.54, 1.807) is 6.92 Å². The Morgan fingerprint density at radius 1 is 1.15 bits per heavy atom. The fraction of sp³-hybridized carbons (Fsp3) is 0.261. The van der Waals surface area contributed by atoms with Crippen LogP contribution in [0.25, 0.3) is 0 Å². The van der Waals surface area contributed by atoms with Crippen molar-refractivity contribution in [3.05, 3.63) is 77.4 Å². The number of ether oxygens (including phenoxy) is 2. The topological polar surface area (TPSA) is 55.8 Å². The summed E-state index contributed by atoms with van der Waals surface area (Å²) in [7, 11) is 0. The SMILES string of the molecule is CCOC(Cc1ccc(OC/C=C(\C)C#Cc2ccccc2)cc1)C(=O)O. The summed E-state index contributed by atoms with van der Waals surface area (Å²) in [4.78, 5) is 11.1. The van der Waals surface area contributed by atoms with Gasteiger partial charge in [-0.15, -0.1) is 0 Å². The maximum atomic E-state index is 11.1. The Kier molecular flexibility index (Phi) is 8.15. The van der Waals surface area contributed by atoms with E-state index in [0.717, 1.165) is 22.4 Å². The number of allylic oxidation sites excluding steroid dienone is 1. The molecule has 0 aliphatic carbocycles. The minimum Gasteiger partial charge on any atom is -0.490 e. The van der Waals surface area contributed by atoms with E-state index in [-0.39, 0.29) is 0 Å². The van der Waals surface area contributed by atoms with Crippen LogP contribution in [0.15, 0.2) is 66.2 Å². The van der Waals surface area contributed by atoms with Crippen molar-refractivity contribution >= 4 is 5.97 Å². The smallest absolute Gasteiger partial charge is 0.333 e. The number of rotatable bonds is 8. The van der Waals surface area contributed by atoms with Crippen molar-refractivity contribution < 1.29 is 19.4 Å². The average molecular weight is 364 g/mol. The summed E-state index contributed by atoms with van der Waals surface area (Å²) < 4.78 is 10.9. The van der Waals surface area contributed by atoms with E-state index < -0.39 is 12.1 Å². The second-order valence-electron chi connectivity index (χ2n) is 5.94. The van der Waals surface area contributed by atoms with Crippen LogP contribution in [0.4, 0.5) is 0 Å². The zero-order valence-corrected chi connectivity index (χ0v) is 15.6. The van der Waals surface area contributed by atoms with Crippen molar-refractivity contribution in [3.8, 4) is 17.6 Å². The van der Waals surface area contributed by atoms with Crippen LogP contribution in [-0.4, -0.2) is 30.4 Å². The van der Waals surface area contributed by atoms with Gasteiger partial charge in [-0.25, -0.2) is 4.79 Å². The molecule has 0 saturated heterocycles. The van der Waals surface area contributed by atoms with Gasteiger partial charge in [0.2, 0.25) is 0 Å². The lowest BCUT2D eigenvalue weighted by Crippen LogP contribution is -2.26. The molecule has 140 valence electrons. The molecule has 0 aliphatic rings. The maximum Gasteiger partial charge on any atom is 0.333 e. The van der Waals surface area contributed by atoms with E-state index in [9.17, 15) is 4.79 Å². The monoisotopic (exact) mass is 364 g/mol. The minimum absolute atomic E-state index is 0.331. The molecule has 2 aromatic carbocycles. The lowest BCUT2D eigenvalue weighted by Gasteiger charge is -2.12. The van der Waals surface area contributed by atoms with Crippen molar-refractivity contribution in [2.45, 2.75) is 26.4 Å². The molecule has 0 heterocycles. The van der Waals surface area contributed by atoms with Gasteiger partial charge in [0, 0.05) is 18.6 Å². The molecule has 2 rings (SSSR count). The van der Waals surface area contributed by atoms with Crippen molar-refractivity contribution in [1.82, 2.24) is 0 Å². The molecule has 4 heteroatoms. The van der Waals surface area contributed by atoms with E-state index in [1.807, 2.05) is 67.6 Å². The van der Waals surface area contributed by atoms with E-state index in [2.05, 4.69) is 11.8 Å². The van der Waals surface area contributed by atoms with E-state index in [4.69, 9.17) is 14.6 Å². The molecular formula is C23H24O4. The molecule has 4 nitrogen and oxygen atoms in total. The average Bonchev–Trinajstić information content (AvgIpc) is 2.68. The van der Waals surface area contributed by atoms with E-state index >= 15 is 0 Å². The van der Waals surface area contributed by atoms with Gasteiger partial charge in [-0.3, -0.25) is 0 Å². The summed E-state index contributed by atoms with van der Waals surface area (Å²) in [5.41, 5.74) is 2.81. The van der Waals surface area contributed by atoms with Gasteiger partial charge < -0.3 is 14.6 Å². The highest BCUT2D eigenvalue weighted by Crippen LogP contribution is 2.15. The van der Waals surface area contributed by atoms with Crippen LogP contribution in [0.1, 0.15) is 25.0 Å². The first-order valence-corrected chi connectivity index (χ1v) is 8.88. The van der Waals surface area contributed by atoms with E-state index in [1.165, 1.54) is 0 Å². The molecule has 0 radical (unpaired) electrons. The summed E-state index contributed by atoms with van der Waals surface area (Å²) in [6.45, 7) is 4.52.